The quantitative estimate of drug-likeness (QED) is 0.753. The van der Waals surface area contributed by atoms with E-state index in [0.717, 1.165) is 23.7 Å². The molecule has 26 heavy (non-hydrogen) atoms. The number of hydrogen-bond donors (Lipinski definition) is 0. The monoisotopic (exact) mass is 358 g/mol. The van der Waals surface area contributed by atoms with Crippen LogP contribution < -0.4 is 4.74 Å². The molecule has 2 amide bonds. The molecule has 0 N–H and O–H groups in total. The fourth-order valence-corrected chi connectivity index (χ4v) is 3.64. The van der Waals surface area contributed by atoms with Crippen LogP contribution in [0.25, 0.3) is 0 Å². The maximum absolute atomic E-state index is 12.4. The second-order valence-corrected chi connectivity index (χ2v) is 7.63. The summed E-state index contributed by atoms with van der Waals surface area (Å²) >= 11 is 0. The predicted octanol–water partition coefficient (Wildman–Crippen LogP) is 2.73. The lowest BCUT2D eigenvalue weighted by molar-refractivity contribution is -0.140. The molecule has 5 heteroatoms. The van der Waals surface area contributed by atoms with Crippen LogP contribution in [0.1, 0.15) is 38.2 Å². The third-order valence-corrected chi connectivity index (χ3v) is 5.70. The molecule has 0 unspecified atom stereocenters. The molecule has 1 saturated carbocycles. The summed E-state index contributed by atoms with van der Waals surface area (Å²) in [4.78, 5) is 28.7. The van der Waals surface area contributed by atoms with Crippen LogP contribution in [0.2, 0.25) is 0 Å². The van der Waals surface area contributed by atoms with Gasteiger partial charge in [0.2, 0.25) is 11.8 Å². The minimum absolute atomic E-state index is 0.180. The Kier molecular flexibility index (Phi) is 6.17. The second kappa shape index (κ2) is 8.56. The Hall–Kier alpha value is -2.04. The third kappa shape index (κ3) is 4.99. The molecule has 1 aromatic carbocycles. The van der Waals surface area contributed by atoms with E-state index in [-0.39, 0.29) is 11.8 Å². The van der Waals surface area contributed by atoms with Gasteiger partial charge >= 0.3 is 0 Å². The zero-order valence-electron chi connectivity index (χ0n) is 15.9. The Balaban J connectivity index is 1.39. The highest BCUT2D eigenvalue weighted by Gasteiger charge is 2.31. The number of carbonyl (C=O) groups excluding carboxylic acids is 2. The summed E-state index contributed by atoms with van der Waals surface area (Å²) in [5.74, 6) is 2.54. The summed E-state index contributed by atoms with van der Waals surface area (Å²) in [5, 5.41) is 0. The van der Waals surface area contributed by atoms with E-state index in [0.29, 0.717) is 44.9 Å². The van der Waals surface area contributed by atoms with Crippen LogP contribution in [0.3, 0.4) is 0 Å². The van der Waals surface area contributed by atoms with Gasteiger partial charge in [-0.15, -0.1) is 0 Å². The fourth-order valence-electron chi connectivity index (χ4n) is 3.64. The van der Waals surface area contributed by atoms with E-state index in [2.05, 4.69) is 6.92 Å². The molecule has 1 aromatic rings. The van der Waals surface area contributed by atoms with Crippen molar-refractivity contribution in [2.24, 2.45) is 11.8 Å². The molecule has 0 spiro atoms. The summed E-state index contributed by atoms with van der Waals surface area (Å²) in [6.45, 7) is 4.85. The van der Waals surface area contributed by atoms with Gasteiger partial charge in [-0.25, -0.2) is 0 Å². The molecule has 1 atom stereocenters. The third-order valence-electron chi connectivity index (χ3n) is 5.70. The van der Waals surface area contributed by atoms with Gasteiger partial charge in [0.15, 0.2) is 0 Å². The zero-order valence-corrected chi connectivity index (χ0v) is 15.9. The first-order valence-corrected chi connectivity index (χ1v) is 9.75. The zero-order chi connectivity index (χ0) is 18.5. The lowest BCUT2D eigenvalue weighted by Gasteiger charge is -2.35. The molecule has 1 saturated heterocycles. The first kappa shape index (κ1) is 18.7. The number of amides is 2. The smallest absolute Gasteiger partial charge is 0.223 e. The molecule has 2 aliphatic rings. The van der Waals surface area contributed by atoms with Crippen molar-refractivity contribution < 1.29 is 14.3 Å². The first-order valence-electron chi connectivity index (χ1n) is 9.75. The van der Waals surface area contributed by atoms with Crippen molar-refractivity contribution >= 4 is 11.8 Å². The normalized spacial score (nSPS) is 18.5. The van der Waals surface area contributed by atoms with E-state index in [1.54, 1.807) is 7.11 Å². The van der Waals surface area contributed by atoms with Crippen LogP contribution in [0.4, 0.5) is 0 Å². The van der Waals surface area contributed by atoms with Crippen LogP contribution in [-0.2, 0) is 16.0 Å². The predicted molar refractivity (Wildman–Crippen MR) is 101 cm³/mol. The van der Waals surface area contributed by atoms with Gasteiger partial charge in [-0.3, -0.25) is 9.59 Å². The van der Waals surface area contributed by atoms with Crippen LogP contribution >= 0.6 is 0 Å². The molecule has 1 aliphatic heterocycles. The molecular formula is C21H30N2O3. The fraction of sp³-hybridized carbons (Fsp3) is 0.619. The maximum atomic E-state index is 12.4. The molecule has 0 aromatic heterocycles. The molecule has 3 rings (SSSR count). The Labute approximate surface area is 156 Å². The summed E-state index contributed by atoms with van der Waals surface area (Å²) in [5.41, 5.74) is 1.14. The van der Waals surface area contributed by atoms with Gasteiger partial charge in [0.05, 0.1) is 7.11 Å². The Morgan fingerprint density at radius 3 is 2.15 bits per heavy atom. The van der Waals surface area contributed by atoms with Gasteiger partial charge in [-0.1, -0.05) is 19.1 Å². The molecular weight excluding hydrogens is 328 g/mol. The van der Waals surface area contributed by atoms with Gasteiger partial charge in [0.1, 0.15) is 5.75 Å². The molecule has 1 heterocycles. The van der Waals surface area contributed by atoms with Crippen LogP contribution in [0, 0.1) is 11.8 Å². The average Bonchev–Trinajstić information content (AvgIpc) is 3.52. The first-order chi connectivity index (χ1) is 12.6. The number of aryl methyl sites for hydroxylation is 1. The Morgan fingerprint density at radius 2 is 1.62 bits per heavy atom. The minimum atomic E-state index is 0.180. The van der Waals surface area contributed by atoms with Crippen molar-refractivity contribution in [2.75, 3.05) is 33.3 Å². The number of benzene rings is 1. The molecule has 0 bridgehead atoms. The highest BCUT2D eigenvalue weighted by molar-refractivity contribution is 5.78. The van der Waals surface area contributed by atoms with Crippen molar-refractivity contribution in [1.82, 2.24) is 9.80 Å². The number of methoxy groups -OCH3 is 1. The molecule has 0 radical (unpaired) electrons. The largest absolute Gasteiger partial charge is 0.497 e. The SMILES string of the molecule is COc1ccc(CCC(=O)N2CCN(C(=O)C[C@@H](C)C3CC3)CC2)cc1. The van der Waals surface area contributed by atoms with E-state index in [1.165, 1.54) is 12.8 Å². The molecule has 2 fully saturated rings. The average molecular weight is 358 g/mol. The number of hydrogen-bond acceptors (Lipinski definition) is 3. The van der Waals surface area contributed by atoms with Gasteiger partial charge in [0, 0.05) is 39.0 Å². The van der Waals surface area contributed by atoms with E-state index < -0.39 is 0 Å². The summed E-state index contributed by atoms with van der Waals surface area (Å²) in [7, 11) is 1.65. The van der Waals surface area contributed by atoms with E-state index in [1.807, 2.05) is 34.1 Å². The van der Waals surface area contributed by atoms with Gasteiger partial charge < -0.3 is 14.5 Å². The Bertz CT molecular complexity index is 617. The van der Waals surface area contributed by atoms with Crippen molar-refractivity contribution in [3.05, 3.63) is 29.8 Å². The van der Waals surface area contributed by atoms with Crippen molar-refractivity contribution in [3.8, 4) is 5.75 Å². The van der Waals surface area contributed by atoms with Crippen molar-refractivity contribution in [2.45, 2.75) is 39.0 Å². The number of piperazine rings is 1. The lowest BCUT2D eigenvalue weighted by Crippen LogP contribution is -2.50. The van der Waals surface area contributed by atoms with E-state index >= 15 is 0 Å². The van der Waals surface area contributed by atoms with Crippen LogP contribution in [0.15, 0.2) is 24.3 Å². The topological polar surface area (TPSA) is 49.9 Å². The van der Waals surface area contributed by atoms with Gasteiger partial charge in [0.25, 0.3) is 0 Å². The van der Waals surface area contributed by atoms with Gasteiger partial charge in [-0.05, 0) is 48.8 Å². The minimum Gasteiger partial charge on any atom is -0.497 e. The highest BCUT2D eigenvalue weighted by atomic mass is 16.5. The van der Waals surface area contributed by atoms with Crippen LogP contribution in [0.5, 0.6) is 5.75 Å². The van der Waals surface area contributed by atoms with Crippen molar-refractivity contribution in [3.63, 3.8) is 0 Å². The van der Waals surface area contributed by atoms with Crippen LogP contribution in [-0.4, -0.2) is 54.9 Å². The highest BCUT2D eigenvalue weighted by Crippen LogP contribution is 2.38. The summed E-state index contributed by atoms with van der Waals surface area (Å²) < 4.78 is 5.15. The summed E-state index contributed by atoms with van der Waals surface area (Å²) in [6, 6.07) is 7.85. The summed E-state index contributed by atoms with van der Waals surface area (Å²) in [6.07, 6.45) is 4.48. The molecule has 5 nitrogen and oxygen atoms in total. The van der Waals surface area contributed by atoms with E-state index in [4.69, 9.17) is 4.74 Å². The standard InChI is InChI=1S/C21H30N2O3/c1-16(18-6-7-18)15-21(25)23-13-11-22(12-14-23)20(24)10-5-17-3-8-19(26-2)9-4-17/h3-4,8-9,16,18H,5-7,10-15H2,1-2H3/t16-/m1/s1. The Morgan fingerprint density at radius 1 is 1.04 bits per heavy atom. The number of rotatable bonds is 7. The van der Waals surface area contributed by atoms with Gasteiger partial charge in [-0.2, -0.15) is 0 Å². The second-order valence-electron chi connectivity index (χ2n) is 7.63. The van der Waals surface area contributed by atoms with Crippen molar-refractivity contribution in [1.29, 1.82) is 0 Å². The molecule has 1 aliphatic carbocycles. The lowest BCUT2D eigenvalue weighted by atomic mass is 10.0. The number of nitrogens with zero attached hydrogens (tertiary/aromatic N) is 2. The number of ether oxygens (including phenoxy) is 1. The number of carbonyl (C=O) groups is 2. The maximum Gasteiger partial charge on any atom is 0.223 e. The molecule has 142 valence electrons. The van der Waals surface area contributed by atoms with E-state index in [9.17, 15) is 9.59 Å².